The highest BCUT2D eigenvalue weighted by Crippen LogP contribution is 2.45. The number of benzene rings is 4. The van der Waals surface area contributed by atoms with Crippen LogP contribution in [0.1, 0.15) is 17.0 Å². The smallest absolute Gasteiger partial charge is 0.337 e. The van der Waals surface area contributed by atoms with Gasteiger partial charge in [-0.15, -0.1) is 0 Å². The normalized spacial score (nSPS) is 16.4. The van der Waals surface area contributed by atoms with Crippen molar-refractivity contribution in [2.45, 2.75) is 5.92 Å². The number of aromatic amines is 1. The average Bonchev–Trinajstić information content (AvgIpc) is 3.51. The molecule has 2 aliphatic rings. The SMILES string of the molecule is O=C1OCC2=C1C(c1ccc(-c3ccc(-c4cc(F)cc(Cl)c4)cc3)cc1)c1cc3[nH]ccc3cc1N2. The van der Waals surface area contributed by atoms with Crippen LogP contribution in [0, 0.1) is 5.82 Å². The zero-order chi connectivity index (χ0) is 25.1. The predicted octanol–water partition coefficient (Wildman–Crippen LogP) is 7.66. The molecule has 0 fully saturated rings. The molecule has 180 valence electrons. The first-order valence-electron chi connectivity index (χ1n) is 12.0. The van der Waals surface area contributed by atoms with E-state index in [0.717, 1.165) is 55.7 Å². The highest BCUT2D eigenvalue weighted by Gasteiger charge is 2.38. The number of ether oxygens (including phenoxy) is 1. The number of H-pyrrole nitrogens is 1. The molecule has 0 aliphatic carbocycles. The highest BCUT2D eigenvalue weighted by atomic mass is 35.5. The maximum absolute atomic E-state index is 13.8. The van der Waals surface area contributed by atoms with Crippen molar-refractivity contribution in [1.82, 2.24) is 4.98 Å². The Kier molecular flexibility index (Phi) is 4.94. The van der Waals surface area contributed by atoms with E-state index < -0.39 is 0 Å². The van der Waals surface area contributed by atoms with E-state index in [1.165, 1.54) is 12.1 Å². The summed E-state index contributed by atoms with van der Waals surface area (Å²) in [4.78, 5) is 16.0. The molecule has 2 N–H and O–H groups in total. The number of rotatable bonds is 3. The molecular weight excluding hydrogens is 487 g/mol. The van der Waals surface area contributed by atoms with Crippen molar-refractivity contribution in [3.8, 4) is 22.3 Å². The lowest BCUT2D eigenvalue weighted by atomic mass is 9.80. The molecule has 1 unspecified atom stereocenters. The summed E-state index contributed by atoms with van der Waals surface area (Å²) >= 11 is 6.03. The lowest BCUT2D eigenvalue weighted by molar-refractivity contribution is -0.136. The van der Waals surface area contributed by atoms with E-state index in [2.05, 4.69) is 46.7 Å². The van der Waals surface area contributed by atoms with Gasteiger partial charge in [0.1, 0.15) is 12.4 Å². The molecule has 0 spiro atoms. The Labute approximate surface area is 217 Å². The third-order valence-electron chi connectivity index (χ3n) is 7.16. The van der Waals surface area contributed by atoms with Gasteiger partial charge in [0.05, 0.1) is 11.3 Å². The van der Waals surface area contributed by atoms with Crippen LogP contribution >= 0.6 is 11.6 Å². The minimum absolute atomic E-state index is 0.219. The Morgan fingerprint density at radius 3 is 2.27 bits per heavy atom. The molecular formula is C31H20ClFN2O2. The van der Waals surface area contributed by atoms with Crippen molar-refractivity contribution in [3.05, 3.63) is 124 Å². The fourth-order valence-electron chi connectivity index (χ4n) is 5.38. The summed E-state index contributed by atoms with van der Waals surface area (Å²) in [5, 5.41) is 4.90. The van der Waals surface area contributed by atoms with Crippen molar-refractivity contribution < 1.29 is 13.9 Å². The van der Waals surface area contributed by atoms with Crippen LogP contribution < -0.4 is 5.32 Å². The van der Waals surface area contributed by atoms with Crippen molar-refractivity contribution in [3.63, 3.8) is 0 Å². The van der Waals surface area contributed by atoms with Gasteiger partial charge in [0.25, 0.3) is 0 Å². The van der Waals surface area contributed by atoms with Gasteiger partial charge in [-0.05, 0) is 69.8 Å². The molecule has 5 aromatic rings. The first-order valence-corrected chi connectivity index (χ1v) is 12.4. The van der Waals surface area contributed by atoms with Gasteiger partial charge in [-0.25, -0.2) is 9.18 Å². The fourth-order valence-corrected chi connectivity index (χ4v) is 5.61. The zero-order valence-corrected chi connectivity index (χ0v) is 20.3. The number of carbonyl (C=O) groups excluding carboxylic acids is 1. The lowest BCUT2D eigenvalue weighted by Crippen LogP contribution is -2.19. The Morgan fingerprint density at radius 2 is 1.54 bits per heavy atom. The van der Waals surface area contributed by atoms with E-state index in [1.54, 1.807) is 6.07 Å². The molecule has 4 aromatic carbocycles. The average molecular weight is 507 g/mol. The van der Waals surface area contributed by atoms with Crippen LogP contribution in [0.15, 0.2) is 102 Å². The standard InChI is InChI=1S/C31H20ClFN2O2/c32-23-11-22(12-24(33)14-23)19-3-1-17(2-4-19)18-5-7-20(8-6-18)29-25-15-26-21(9-10-34-26)13-27(25)35-28-16-37-31(36)30(28)29/h1-15,29,34-35H,16H2. The third-order valence-corrected chi connectivity index (χ3v) is 7.38. The topological polar surface area (TPSA) is 54.1 Å². The highest BCUT2D eigenvalue weighted by molar-refractivity contribution is 6.30. The van der Waals surface area contributed by atoms with Gasteiger partial charge >= 0.3 is 5.97 Å². The summed E-state index contributed by atoms with van der Waals surface area (Å²) in [6.07, 6.45) is 1.92. The monoisotopic (exact) mass is 506 g/mol. The van der Waals surface area contributed by atoms with Crippen LogP contribution in [0.4, 0.5) is 10.1 Å². The van der Waals surface area contributed by atoms with E-state index in [1.807, 2.05) is 36.5 Å². The molecule has 0 bridgehead atoms. The molecule has 3 heterocycles. The Hall–Kier alpha value is -4.35. The molecule has 1 aromatic heterocycles. The van der Waals surface area contributed by atoms with Crippen LogP contribution in [-0.2, 0) is 9.53 Å². The second-order valence-corrected chi connectivity index (χ2v) is 9.82. The summed E-state index contributed by atoms with van der Waals surface area (Å²) in [7, 11) is 0. The van der Waals surface area contributed by atoms with E-state index in [9.17, 15) is 9.18 Å². The van der Waals surface area contributed by atoms with E-state index in [-0.39, 0.29) is 24.3 Å². The fraction of sp³-hybridized carbons (Fsp3) is 0.0645. The number of fused-ring (bicyclic) bond motifs is 2. The minimum atomic E-state index is -0.358. The zero-order valence-electron chi connectivity index (χ0n) is 19.5. The van der Waals surface area contributed by atoms with Crippen LogP contribution in [0.25, 0.3) is 33.2 Å². The van der Waals surface area contributed by atoms with Crippen molar-refractivity contribution in [2.24, 2.45) is 0 Å². The number of anilines is 1. The van der Waals surface area contributed by atoms with Gasteiger partial charge in [0.15, 0.2) is 0 Å². The quantitative estimate of drug-likeness (QED) is 0.247. The third kappa shape index (κ3) is 3.71. The summed E-state index contributed by atoms with van der Waals surface area (Å²) in [6.45, 7) is 0.260. The molecule has 0 saturated carbocycles. The van der Waals surface area contributed by atoms with Crippen LogP contribution in [0.3, 0.4) is 0 Å². The number of carbonyl (C=O) groups is 1. The van der Waals surface area contributed by atoms with Crippen LogP contribution in [0.5, 0.6) is 0 Å². The second kappa shape index (κ2) is 8.36. The number of halogens is 2. The molecule has 2 aliphatic heterocycles. The number of nitrogens with one attached hydrogen (secondary N) is 2. The Balaban J connectivity index is 1.25. The van der Waals surface area contributed by atoms with E-state index >= 15 is 0 Å². The number of cyclic esters (lactones) is 1. The van der Waals surface area contributed by atoms with Gasteiger partial charge in [-0.2, -0.15) is 0 Å². The van der Waals surface area contributed by atoms with Crippen LogP contribution in [0.2, 0.25) is 5.02 Å². The largest absolute Gasteiger partial charge is 0.456 e. The molecule has 37 heavy (non-hydrogen) atoms. The van der Waals surface area contributed by atoms with Gasteiger partial charge in [0, 0.05) is 33.7 Å². The lowest BCUT2D eigenvalue weighted by Gasteiger charge is -2.27. The van der Waals surface area contributed by atoms with Gasteiger partial charge in [-0.3, -0.25) is 0 Å². The second-order valence-electron chi connectivity index (χ2n) is 9.39. The van der Waals surface area contributed by atoms with E-state index in [4.69, 9.17) is 16.3 Å². The number of hydrogen-bond donors (Lipinski definition) is 2. The van der Waals surface area contributed by atoms with Crippen molar-refractivity contribution >= 4 is 34.2 Å². The summed E-state index contributed by atoms with van der Waals surface area (Å²) in [5.41, 5.74) is 9.29. The maximum Gasteiger partial charge on any atom is 0.337 e. The number of hydrogen-bond acceptors (Lipinski definition) is 3. The van der Waals surface area contributed by atoms with Gasteiger partial charge < -0.3 is 15.0 Å². The summed E-state index contributed by atoms with van der Waals surface area (Å²) < 4.78 is 19.2. The molecule has 0 saturated heterocycles. The molecule has 6 heteroatoms. The van der Waals surface area contributed by atoms with Crippen molar-refractivity contribution in [2.75, 3.05) is 11.9 Å². The molecule has 0 radical (unpaired) electrons. The molecule has 0 amide bonds. The molecule has 7 rings (SSSR count). The van der Waals surface area contributed by atoms with Gasteiger partial charge in [0.2, 0.25) is 0 Å². The minimum Gasteiger partial charge on any atom is -0.456 e. The van der Waals surface area contributed by atoms with Crippen molar-refractivity contribution in [1.29, 1.82) is 0 Å². The van der Waals surface area contributed by atoms with E-state index in [0.29, 0.717) is 10.6 Å². The predicted molar refractivity (Wildman–Crippen MR) is 144 cm³/mol. The Bertz CT molecular complexity index is 1720. The number of esters is 1. The number of aromatic nitrogens is 1. The summed E-state index contributed by atoms with van der Waals surface area (Å²) in [6, 6.07) is 27.0. The maximum atomic E-state index is 13.8. The van der Waals surface area contributed by atoms with Crippen LogP contribution in [-0.4, -0.2) is 17.6 Å². The Morgan fingerprint density at radius 1 is 0.838 bits per heavy atom. The first kappa shape index (κ1) is 21.9. The first-order chi connectivity index (χ1) is 18.0. The summed E-state index contributed by atoms with van der Waals surface area (Å²) in [5.74, 6) is -0.854. The molecule has 1 atom stereocenters. The molecule has 4 nitrogen and oxygen atoms in total. The van der Waals surface area contributed by atoms with Gasteiger partial charge in [-0.1, -0.05) is 60.1 Å².